The molecule has 1 aliphatic heterocycles. The topological polar surface area (TPSA) is 46.6 Å². The zero-order chi connectivity index (χ0) is 18.5. The van der Waals surface area contributed by atoms with Gasteiger partial charge in [0.25, 0.3) is 0 Å². The fraction of sp³-hybridized carbons (Fsp3) is 0.478. The Balaban J connectivity index is 1.59. The van der Waals surface area contributed by atoms with Crippen LogP contribution in [0.25, 0.3) is 0 Å². The van der Waals surface area contributed by atoms with Crippen molar-refractivity contribution in [2.24, 2.45) is 23.7 Å². The summed E-state index contributed by atoms with van der Waals surface area (Å²) in [6.45, 7) is 2.48. The fourth-order valence-corrected chi connectivity index (χ4v) is 5.64. The number of carbonyl (C=O) groups excluding carboxylic acids is 2. The second kappa shape index (κ2) is 6.36. The molecule has 0 unspecified atom stereocenters. The molecule has 0 aromatic heterocycles. The molecule has 1 saturated carbocycles. The Morgan fingerprint density at radius 3 is 2.56 bits per heavy atom. The summed E-state index contributed by atoms with van der Waals surface area (Å²) in [5.74, 6) is 1.30. The summed E-state index contributed by atoms with van der Waals surface area (Å²) in [7, 11) is 0. The zero-order valence-corrected chi connectivity index (χ0v) is 15.6. The van der Waals surface area contributed by atoms with Crippen LogP contribution in [0.15, 0.2) is 53.8 Å². The van der Waals surface area contributed by atoms with E-state index in [0.29, 0.717) is 30.1 Å². The van der Waals surface area contributed by atoms with E-state index in [-0.39, 0.29) is 23.8 Å². The lowest BCUT2D eigenvalue weighted by atomic mass is 9.81. The maximum absolute atomic E-state index is 13.5. The molecule has 2 fully saturated rings. The molecule has 1 amide bonds. The van der Waals surface area contributed by atoms with Crippen LogP contribution in [0.1, 0.15) is 44.2 Å². The van der Waals surface area contributed by atoms with E-state index in [4.69, 9.17) is 4.74 Å². The summed E-state index contributed by atoms with van der Waals surface area (Å²) in [6, 6.07) is 9.72. The fourth-order valence-electron chi connectivity index (χ4n) is 5.64. The molecule has 4 aliphatic rings. The highest BCUT2D eigenvalue weighted by molar-refractivity contribution is 6.04. The number of cyclic esters (lactones) is 1. The van der Waals surface area contributed by atoms with Crippen LogP contribution < -0.4 is 0 Å². The van der Waals surface area contributed by atoms with Gasteiger partial charge in [0.2, 0.25) is 0 Å². The largest absolute Gasteiger partial charge is 0.447 e. The van der Waals surface area contributed by atoms with Crippen LogP contribution in [-0.2, 0) is 9.53 Å². The van der Waals surface area contributed by atoms with Crippen molar-refractivity contribution in [3.63, 3.8) is 0 Å². The second-order valence-corrected chi connectivity index (χ2v) is 8.21. The predicted octanol–water partition coefficient (Wildman–Crippen LogP) is 4.65. The van der Waals surface area contributed by atoms with Crippen molar-refractivity contribution in [1.82, 2.24) is 4.90 Å². The average Bonchev–Trinajstić information content (AvgIpc) is 3.44. The zero-order valence-electron chi connectivity index (χ0n) is 15.6. The van der Waals surface area contributed by atoms with Gasteiger partial charge in [-0.25, -0.2) is 4.79 Å². The van der Waals surface area contributed by atoms with Gasteiger partial charge in [0.05, 0.1) is 11.7 Å². The Hall–Kier alpha value is -2.36. The third-order valence-corrected chi connectivity index (χ3v) is 6.80. The minimum absolute atomic E-state index is 0.0340. The molecule has 1 aromatic carbocycles. The molecule has 1 aromatic rings. The van der Waals surface area contributed by atoms with Crippen molar-refractivity contribution in [3.8, 4) is 0 Å². The number of nitrogens with zero attached hydrogens (tertiary/aromatic N) is 1. The lowest BCUT2D eigenvalue weighted by Crippen LogP contribution is -2.32. The smallest absolute Gasteiger partial charge is 0.415 e. The van der Waals surface area contributed by atoms with Crippen molar-refractivity contribution >= 4 is 11.9 Å². The molecule has 5 rings (SSSR count). The molecule has 4 heteroatoms. The van der Waals surface area contributed by atoms with Gasteiger partial charge >= 0.3 is 6.09 Å². The Labute approximate surface area is 159 Å². The molecule has 27 heavy (non-hydrogen) atoms. The number of allylic oxidation sites excluding steroid dienone is 4. The third-order valence-electron chi connectivity index (χ3n) is 6.80. The molecule has 1 saturated heterocycles. The van der Waals surface area contributed by atoms with Gasteiger partial charge in [-0.15, -0.1) is 0 Å². The van der Waals surface area contributed by atoms with E-state index in [0.717, 1.165) is 31.2 Å². The summed E-state index contributed by atoms with van der Waals surface area (Å²) < 4.78 is 5.42. The highest BCUT2D eigenvalue weighted by Crippen LogP contribution is 2.58. The van der Waals surface area contributed by atoms with E-state index < -0.39 is 0 Å². The van der Waals surface area contributed by atoms with Gasteiger partial charge in [0.1, 0.15) is 6.61 Å². The van der Waals surface area contributed by atoms with Crippen LogP contribution in [0, 0.1) is 23.7 Å². The molecule has 4 nitrogen and oxygen atoms in total. The number of unbranched alkanes of at least 4 members (excludes halogenated alkanes) is 1. The molecule has 3 aliphatic carbocycles. The van der Waals surface area contributed by atoms with E-state index in [9.17, 15) is 9.59 Å². The first-order valence-electron chi connectivity index (χ1n) is 10.2. The number of fused-ring (bicyclic) bond motifs is 5. The summed E-state index contributed by atoms with van der Waals surface area (Å²) in [5.41, 5.74) is 2.90. The molecule has 0 radical (unpaired) electrons. The van der Waals surface area contributed by atoms with Crippen LogP contribution >= 0.6 is 0 Å². The van der Waals surface area contributed by atoms with Gasteiger partial charge in [-0.1, -0.05) is 55.8 Å². The van der Waals surface area contributed by atoms with Crippen LogP contribution in [0.4, 0.5) is 4.79 Å². The molecule has 5 atom stereocenters. The second-order valence-electron chi connectivity index (χ2n) is 8.21. The number of ether oxygens (including phenoxy) is 1. The quantitative estimate of drug-likeness (QED) is 0.716. The SMILES string of the molecule is CCCCC1=C(N2C(=O)OC[C@H]2c2ccccc2)C(=O)[C@H]2[C@@H]1[C@@H]1C=C[C@H]2C1. The van der Waals surface area contributed by atoms with Crippen molar-refractivity contribution in [3.05, 3.63) is 59.3 Å². The first kappa shape index (κ1) is 16.8. The Bertz CT molecular complexity index is 840. The van der Waals surface area contributed by atoms with E-state index in [1.165, 1.54) is 5.57 Å². The van der Waals surface area contributed by atoms with Crippen molar-refractivity contribution < 1.29 is 14.3 Å². The number of hydrogen-bond donors (Lipinski definition) is 0. The van der Waals surface area contributed by atoms with Gasteiger partial charge in [-0.2, -0.15) is 0 Å². The van der Waals surface area contributed by atoms with Crippen LogP contribution in [0.5, 0.6) is 0 Å². The lowest BCUT2D eigenvalue weighted by Gasteiger charge is -2.25. The van der Waals surface area contributed by atoms with Crippen molar-refractivity contribution in [2.45, 2.75) is 38.6 Å². The standard InChI is InChI=1S/C23H25NO3/c1-2-3-9-17-19-15-10-11-16(12-15)20(19)22(25)21(17)24-18(13-27-23(24)26)14-7-5-4-6-8-14/h4-8,10-11,15-16,18-20H,2-3,9,12-13H2,1H3/t15-,16+,18+,19-,20-/m1/s1. The van der Waals surface area contributed by atoms with Crippen LogP contribution in [-0.4, -0.2) is 23.4 Å². The Morgan fingerprint density at radius 2 is 1.81 bits per heavy atom. The maximum atomic E-state index is 13.5. The van der Waals surface area contributed by atoms with Crippen LogP contribution in [0.2, 0.25) is 0 Å². The van der Waals surface area contributed by atoms with Crippen molar-refractivity contribution in [1.29, 1.82) is 0 Å². The first-order valence-corrected chi connectivity index (χ1v) is 10.2. The highest BCUT2D eigenvalue weighted by atomic mass is 16.6. The molecule has 0 N–H and O–H groups in total. The number of ketones is 1. The molecule has 140 valence electrons. The first-order chi connectivity index (χ1) is 13.2. The molecule has 2 bridgehead atoms. The number of carbonyl (C=O) groups is 2. The number of amides is 1. The minimum Gasteiger partial charge on any atom is -0.447 e. The van der Waals surface area contributed by atoms with E-state index in [1.54, 1.807) is 4.90 Å². The van der Waals surface area contributed by atoms with Gasteiger partial charge < -0.3 is 4.74 Å². The highest BCUT2D eigenvalue weighted by Gasteiger charge is 2.57. The number of rotatable bonds is 5. The predicted molar refractivity (Wildman–Crippen MR) is 102 cm³/mol. The van der Waals surface area contributed by atoms with E-state index in [2.05, 4.69) is 19.1 Å². The monoisotopic (exact) mass is 363 g/mol. The third kappa shape index (κ3) is 2.42. The van der Waals surface area contributed by atoms with E-state index >= 15 is 0 Å². The average molecular weight is 363 g/mol. The van der Waals surface area contributed by atoms with Gasteiger partial charge in [-0.05, 0) is 48.2 Å². The van der Waals surface area contributed by atoms with E-state index in [1.807, 2.05) is 30.3 Å². The Kier molecular flexibility index (Phi) is 3.96. The molecule has 1 heterocycles. The lowest BCUT2D eigenvalue weighted by molar-refractivity contribution is -0.120. The normalized spacial score (nSPS) is 34.0. The molecular formula is C23H25NO3. The van der Waals surface area contributed by atoms with Gasteiger partial charge in [-0.3, -0.25) is 9.69 Å². The molecule has 0 spiro atoms. The summed E-state index contributed by atoms with van der Waals surface area (Å²) in [4.78, 5) is 27.9. The Morgan fingerprint density at radius 1 is 1.07 bits per heavy atom. The van der Waals surface area contributed by atoms with Crippen molar-refractivity contribution in [2.75, 3.05) is 6.61 Å². The summed E-state index contributed by atoms with van der Waals surface area (Å²) in [6.07, 6.45) is 8.28. The number of Topliss-reactive ketones (excluding diaryl/α,β-unsaturated/α-hetero) is 1. The number of hydrogen-bond acceptors (Lipinski definition) is 3. The van der Waals surface area contributed by atoms with Gasteiger partial charge in [0.15, 0.2) is 5.78 Å². The maximum Gasteiger partial charge on any atom is 0.415 e. The summed E-state index contributed by atoms with van der Waals surface area (Å²) >= 11 is 0. The molecular weight excluding hydrogens is 338 g/mol. The summed E-state index contributed by atoms with van der Waals surface area (Å²) in [5, 5.41) is 0. The number of benzene rings is 1. The van der Waals surface area contributed by atoms with Gasteiger partial charge in [0, 0.05) is 5.92 Å². The minimum atomic E-state index is -0.374. The van der Waals surface area contributed by atoms with Crippen LogP contribution in [0.3, 0.4) is 0 Å².